The average molecular weight is 459 g/mol. The Morgan fingerprint density at radius 3 is 2.65 bits per heavy atom. The molecule has 176 valence electrons. The second kappa shape index (κ2) is 10.5. The van der Waals surface area contributed by atoms with Crippen molar-refractivity contribution in [3.8, 4) is 16.9 Å². The number of carbonyl (C=O) groups excluding carboxylic acids is 1. The molecule has 2 aromatic heterocycles. The van der Waals surface area contributed by atoms with Crippen LogP contribution in [0, 0.1) is 0 Å². The highest BCUT2D eigenvalue weighted by Gasteiger charge is 2.16. The van der Waals surface area contributed by atoms with Gasteiger partial charge >= 0.3 is 5.97 Å². The molecule has 0 amide bonds. The van der Waals surface area contributed by atoms with Crippen molar-refractivity contribution in [1.82, 2.24) is 14.8 Å². The molecular weight excluding hydrogens is 428 g/mol. The van der Waals surface area contributed by atoms with Crippen LogP contribution in [0.1, 0.15) is 43.8 Å². The predicted octanol–water partition coefficient (Wildman–Crippen LogP) is 4.82. The number of fused-ring (bicyclic) bond motifs is 1. The summed E-state index contributed by atoms with van der Waals surface area (Å²) >= 11 is 0. The summed E-state index contributed by atoms with van der Waals surface area (Å²) in [4.78, 5) is 16.3. The zero-order chi connectivity index (χ0) is 24.1. The van der Waals surface area contributed by atoms with Gasteiger partial charge < -0.3 is 15.2 Å². The third-order valence-electron chi connectivity index (χ3n) is 5.61. The molecule has 7 heteroatoms. The number of hydrogen-bond donors (Lipinski definition) is 1. The number of aromatic nitrogens is 3. The van der Waals surface area contributed by atoms with Crippen molar-refractivity contribution in [2.45, 2.75) is 46.4 Å². The second-order valence-corrected chi connectivity index (χ2v) is 8.34. The van der Waals surface area contributed by atoms with Crippen LogP contribution in [-0.4, -0.2) is 27.3 Å². The Morgan fingerprint density at radius 2 is 1.88 bits per heavy atom. The number of ether oxygens (including phenoxy) is 2. The number of benzene rings is 2. The van der Waals surface area contributed by atoms with Crippen LogP contribution in [0.3, 0.4) is 0 Å². The van der Waals surface area contributed by atoms with Gasteiger partial charge in [0.2, 0.25) is 0 Å². The zero-order valence-corrected chi connectivity index (χ0v) is 19.8. The maximum atomic E-state index is 12.0. The largest absolute Gasteiger partial charge is 0.487 e. The van der Waals surface area contributed by atoms with E-state index in [1.54, 1.807) is 13.1 Å². The lowest BCUT2D eigenvalue weighted by Crippen LogP contribution is -2.09. The second-order valence-electron chi connectivity index (χ2n) is 8.34. The van der Waals surface area contributed by atoms with Crippen molar-refractivity contribution >= 4 is 16.9 Å². The number of nitrogens with zero attached hydrogens (tertiary/aromatic N) is 3. The summed E-state index contributed by atoms with van der Waals surface area (Å²) in [5.74, 6) is 0.382. The van der Waals surface area contributed by atoms with Gasteiger partial charge in [-0.2, -0.15) is 5.10 Å². The molecule has 7 nitrogen and oxygen atoms in total. The van der Waals surface area contributed by atoms with Gasteiger partial charge in [0.1, 0.15) is 18.1 Å². The van der Waals surface area contributed by atoms with E-state index >= 15 is 0 Å². The molecule has 4 rings (SSSR count). The highest BCUT2D eigenvalue weighted by atomic mass is 16.5. The highest BCUT2D eigenvalue weighted by Crippen LogP contribution is 2.29. The first-order chi connectivity index (χ1) is 16.5. The maximum Gasteiger partial charge on any atom is 0.310 e. The van der Waals surface area contributed by atoms with E-state index in [0.717, 1.165) is 39.0 Å². The third kappa shape index (κ3) is 5.10. The summed E-state index contributed by atoms with van der Waals surface area (Å²) in [6, 6.07) is 18.1. The first kappa shape index (κ1) is 23.4. The minimum absolute atomic E-state index is 0.168. The molecule has 0 radical (unpaired) electrons. The Morgan fingerprint density at radius 1 is 1.09 bits per heavy atom. The molecule has 2 aromatic carbocycles. The van der Waals surface area contributed by atoms with Gasteiger partial charge in [-0.15, -0.1) is 0 Å². The lowest BCUT2D eigenvalue weighted by atomic mass is 10.0. The van der Waals surface area contributed by atoms with Crippen LogP contribution < -0.4 is 10.5 Å². The van der Waals surface area contributed by atoms with Gasteiger partial charge in [-0.05, 0) is 62.2 Å². The smallest absolute Gasteiger partial charge is 0.310 e. The maximum absolute atomic E-state index is 12.0. The Hall–Kier alpha value is -3.71. The van der Waals surface area contributed by atoms with Crippen LogP contribution in [-0.2, 0) is 29.1 Å². The van der Waals surface area contributed by atoms with Crippen molar-refractivity contribution in [1.29, 1.82) is 0 Å². The summed E-state index contributed by atoms with van der Waals surface area (Å²) in [7, 11) is 0. The zero-order valence-electron chi connectivity index (χ0n) is 19.8. The van der Waals surface area contributed by atoms with Gasteiger partial charge in [0.05, 0.1) is 24.2 Å². The van der Waals surface area contributed by atoms with E-state index in [1.807, 2.05) is 41.1 Å². The van der Waals surface area contributed by atoms with Gasteiger partial charge in [0.15, 0.2) is 0 Å². The SMILES string of the molecule is CCOC(=O)Cc1ccccc1OCc1nn(C(C)C)c2ccc(-c3ccnc(CN)c3)cc12. The molecule has 4 aromatic rings. The molecule has 0 bridgehead atoms. The van der Waals surface area contributed by atoms with Crippen LogP contribution in [0.15, 0.2) is 60.8 Å². The molecule has 34 heavy (non-hydrogen) atoms. The number of esters is 1. The summed E-state index contributed by atoms with van der Waals surface area (Å²) in [6.07, 6.45) is 1.95. The van der Waals surface area contributed by atoms with Gasteiger partial charge in [-0.1, -0.05) is 24.3 Å². The summed E-state index contributed by atoms with van der Waals surface area (Å²) in [6.45, 7) is 7.04. The first-order valence-corrected chi connectivity index (χ1v) is 11.5. The number of carbonyl (C=O) groups is 1. The molecule has 0 unspecified atom stereocenters. The van der Waals surface area contributed by atoms with E-state index in [4.69, 9.17) is 20.3 Å². The lowest BCUT2D eigenvalue weighted by molar-refractivity contribution is -0.142. The lowest BCUT2D eigenvalue weighted by Gasteiger charge is -2.10. The number of nitrogens with two attached hydrogens (primary N) is 1. The molecule has 2 N–H and O–H groups in total. The topological polar surface area (TPSA) is 92.3 Å². The fourth-order valence-corrected chi connectivity index (χ4v) is 3.96. The number of para-hydroxylation sites is 1. The predicted molar refractivity (Wildman–Crippen MR) is 132 cm³/mol. The van der Waals surface area contributed by atoms with E-state index in [-0.39, 0.29) is 25.0 Å². The van der Waals surface area contributed by atoms with Crippen molar-refractivity contribution in [3.63, 3.8) is 0 Å². The molecular formula is C27H30N4O3. The van der Waals surface area contributed by atoms with Crippen LogP contribution in [0.2, 0.25) is 0 Å². The van der Waals surface area contributed by atoms with E-state index in [2.05, 4.69) is 37.0 Å². The summed E-state index contributed by atoms with van der Waals surface area (Å²) < 4.78 is 13.3. The molecule has 0 aliphatic carbocycles. The van der Waals surface area contributed by atoms with Crippen molar-refractivity contribution in [2.75, 3.05) is 6.61 Å². The average Bonchev–Trinajstić information content (AvgIpc) is 3.22. The molecule has 0 spiro atoms. The van der Waals surface area contributed by atoms with Crippen LogP contribution in [0.5, 0.6) is 5.75 Å². The van der Waals surface area contributed by atoms with Crippen LogP contribution in [0.25, 0.3) is 22.0 Å². The molecule has 0 aliphatic rings. The summed E-state index contributed by atoms with van der Waals surface area (Å²) in [5.41, 5.74) is 11.4. The van der Waals surface area contributed by atoms with E-state index < -0.39 is 0 Å². The molecule has 0 saturated heterocycles. The van der Waals surface area contributed by atoms with Crippen molar-refractivity contribution < 1.29 is 14.3 Å². The molecule has 0 aliphatic heterocycles. The van der Waals surface area contributed by atoms with Crippen molar-refractivity contribution in [3.05, 3.63) is 77.7 Å². The highest BCUT2D eigenvalue weighted by molar-refractivity contribution is 5.87. The Labute approximate surface area is 199 Å². The minimum Gasteiger partial charge on any atom is -0.487 e. The monoisotopic (exact) mass is 458 g/mol. The number of pyridine rings is 1. The fraction of sp³-hybridized carbons (Fsp3) is 0.296. The number of hydrogen-bond acceptors (Lipinski definition) is 6. The Bertz CT molecular complexity index is 1300. The first-order valence-electron chi connectivity index (χ1n) is 11.5. The van der Waals surface area contributed by atoms with E-state index in [1.165, 1.54) is 0 Å². The van der Waals surface area contributed by atoms with Gasteiger partial charge in [-0.3, -0.25) is 14.5 Å². The van der Waals surface area contributed by atoms with E-state index in [0.29, 0.717) is 18.9 Å². The van der Waals surface area contributed by atoms with Gasteiger partial charge in [-0.25, -0.2) is 0 Å². The quantitative estimate of drug-likeness (QED) is 0.362. The Balaban J connectivity index is 1.67. The van der Waals surface area contributed by atoms with Crippen LogP contribution in [0.4, 0.5) is 0 Å². The third-order valence-corrected chi connectivity index (χ3v) is 5.61. The molecule has 0 fully saturated rings. The normalized spacial score (nSPS) is 11.2. The molecule has 0 saturated carbocycles. The molecule has 2 heterocycles. The Kier molecular flexibility index (Phi) is 7.23. The molecule has 0 atom stereocenters. The minimum atomic E-state index is -0.271. The van der Waals surface area contributed by atoms with Gasteiger partial charge in [0, 0.05) is 29.7 Å². The van der Waals surface area contributed by atoms with Crippen LogP contribution >= 0.6 is 0 Å². The number of rotatable bonds is 9. The standard InChI is InChI=1S/C27H30N4O3/c1-4-33-27(32)15-21-7-5-6-8-26(21)34-17-24-23-14-19(20-11-12-29-22(13-20)16-28)9-10-25(23)31(30-24)18(2)3/h5-14,18H,4,15-17,28H2,1-3H3. The fourth-order valence-electron chi connectivity index (χ4n) is 3.96. The summed E-state index contributed by atoms with van der Waals surface area (Å²) in [5, 5.41) is 5.89. The van der Waals surface area contributed by atoms with E-state index in [9.17, 15) is 4.79 Å². The van der Waals surface area contributed by atoms with Gasteiger partial charge in [0.25, 0.3) is 0 Å². The van der Waals surface area contributed by atoms with Crippen molar-refractivity contribution in [2.24, 2.45) is 5.73 Å².